The molecule has 0 aliphatic heterocycles. The molecule has 0 saturated heterocycles. The molecule has 0 unspecified atom stereocenters. The summed E-state index contributed by atoms with van der Waals surface area (Å²) in [5.41, 5.74) is 11.6. The molecule has 0 N–H and O–H groups in total. The molecule has 0 saturated carbocycles. The van der Waals surface area contributed by atoms with Crippen LogP contribution in [-0.2, 0) is 18.0 Å². The number of furan rings is 2. The fraction of sp³-hybridized carbons (Fsp3) is 0.174. The number of benzene rings is 4. The number of hydrogen-bond donors (Lipinski definition) is 0. The molecule has 0 aliphatic rings. The summed E-state index contributed by atoms with van der Waals surface area (Å²) in [6.45, 7) is 16.8. The summed E-state index contributed by atoms with van der Waals surface area (Å²) in [6, 6.07) is 37.8. The second-order valence-corrected chi connectivity index (χ2v) is 37.8. The Morgan fingerprint density at radius 1 is 0.519 bits per heavy atom. The quantitative estimate of drug-likeness (QED) is 0.130. The van der Waals surface area contributed by atoms with Crippen LogP contribution < -0.4 is 0 Å². The van der Waals surface area contributed by atoms with Crippen molar-refractivity contribution in [2.24, 2.45) is 0 Å². The Bertz CT molecular complexity index is 2420. The summed E-state index contributed by atoms with van der Waals surface area (Å²) < 4.78 is 11.8. The van der Waals surface area contributed by atoms with Crippen molar-refractivity contribution in [2.75, 3.05) is 0 Å². The monoisotopic (exact) mass is 884 g/mol. The van der Waals surface area contributed by atoms with Crippen LogP contribution in [0.2, 0.25) is 23.1 Å². The third-order valence-electron chi connectivity index (χ3n) is 9.70. The van der Waals surface area contributed by atoms with Gasteiger partial charge in [0, 0.05) is 10.0 Å². The van der Waals surface area contributed by atoms with E-state index in [1.165, 1.54) is 54.9 Å². The van der Waals surface area contributed by atoms with Gasteiger partial charge >= 0.3 is 53.5 Å². The van der Waals surface area contributed by atoms with E-state index in [9.17, 15) is 0 Å². The van der Waals surface area contributed by atoms with E-state index in [-0.39, 0.29) is 5.43 Å². The predicted molar refractivity (Wildman–Crippen MR) is 233 cm³/mol. The Morgan fingerprint density at radius 2 is 0.907 bits per heavy atom. The maximum absolute atomic E-state index is 6.20. The molecule has 0 aliphatic carbocycles. The summed E-state index contributed by atoms with van der Waals surface area (Å²) in [4.78, 5) is 0. The standard InChI is InChI=1S/2C22H18ClO.C2H6Si.2ClH.Zr/c2*1-13-7-8-16-10-18(21-9-14(2)15(3)24-21)12-20(16)22(13)17-5-4-6-19(23)11-17;1-3-2;;;/h2*4-12H,1-3H3;1-2H3;2*1H;/q2*-1;;;;+2/p-2. The van der Waals surface area contributed by atoms with Gasteiger partial charge in [0.1, 0.15) is 0 Å². The van der Waals surface area contributed by atoms with Crippen LogP contribution in [0.4, 0.5) is 0 Å². The molecule has 0 atom stereocenters. The SMILES string of the molecule is C[Si](C)=[Zr]([Cl])[Cl].Cc1cc(-c2cc3c(-c4cccc(Cl)c4)c(C)ccc3[cH-]2)oc1C.Cc1cc(-c2cc3c(-c4cccc(Cl)c4)c(C)ccc3[cH-]2)oc1C. The number of fused-ring (bicyclic) bond motifs is 2. The Balaban J connectivity index is 0.000000160. The van der Waals surface area contributed by atoms with Gasteiger partial charge in [0.2, 0.25) is 0 Å². The molecule has 2 aromatic heterocycles. The van der Waals surface area contributed by atoms with E-state index in [4.69, 9.17) is 49.1 Å². The second-order valence-electron chi connectivity index (χ2n) is 14.0. The van der Waals surface area contributed by atoms with Crippen molar-refractivity contribution < 1.29 is 26.8 Å². The van der Waals surface area contributed by atoms with Crippen LogP contribution in [0.1, 0.15) is 33.8 Å². The van der Waals surface area contributed by atoms with Crippen molar-refractivity contribution in [3.05, 3.63) is 153 Å². The molecule has 0 fully saturated rings. The summed E-state index contributed by atoms with van der Waals surface area (Å²) >= 11 is 10.8. The first kappa shape index (κ1) is 40.6. The van der Waals surface area contributed by atoms with Crippen LogP contribution in [0.15, 0.2) is 118 Å². The normalized spacial score (nSPS) is 11.0. The van der Waals surface area contributed by atoms with E-state index >= 15 is 0 Å². The molecule has 0 spiro atoms. The van der Waals surface area contributed by atoms with Gasteiger partial charge in [-0.15, -0.1) is 57.9 Å². The first-order valence-electron chi connectivity index (χ1n) is 17.8. The molecule has 0 amide bonds. The third-order valence-corrected chi connectivity index (χ3v) is 29.9. The first-order valence-corrected chi connectivity index (χ1v) is 31.0. The molecule has 8 aromatic rings. The average Bonchev–Trinajstić information content (AvgIpc) is 3.91. The molecule has 54 heavy (non-hydrogen) atoms. The molecule has 8 heteroatoms. The fourth-order valence-corrected chi connectivity index (χ4v) is 6.93. The molecule has 6 aromatic carbocycles. The zero-order valence-corrected chi connectivity index (χ0v) is 38.2. The van der Waals surface area contributed by atoms with E-state index in [1.54, 1.807) is 0 Å². The zero-order valence-electron chi connectivity index (χ0n) is 31.7. The summed E-state index contributed by atoms with van der Waals surface area (Å²) in [7, 11) is 11.2. The molecule has 8 rings (SSSR count). The van der Waals surface area contributed by atoms with E-state index < -0.39 is 18.0 Å². The van der Waals surface area contributed by atoms with Crippen molar-refractivity contribution in [2.45, 2.75) is 54.6 Å². The largest absolute Gasteiger partial charge is 0.496 e. The van der Waals surface area contributed by atoms with Crippen LogP contribution in [-0.4, -0.2) is 5.43 Å². The van der Waals surface area contributed by atoms with Crippen LogP contribution in [0, 0.1) is 41.5 Å². The van der Waals surface area contributed by atoms with Gasteiger partial charge in [-0.3, -0.25) is 0 Å². The predicted octanol–water partition coefficient (Wildman–Crippen LogP) is 16.3. The number of aryl methyl sites for hydroxylation is 6. The van der Waals surface area contributed by atoms with Crippen molar-refractivity contribution in [3.63, 3.8) is 0 Å². The molecular formula is C46H42Cl4O2SiZr-2. The van der Waals surface area contributed by atoms with Gasteiger partial charge in [-0.1, -0.05) is 81.9 Å². The molecule has 0 bridgehead atoms. The van der Waals surface area contributed by atoms with E-state index in [0.29, 0.717) is 0 Å². The van der Waals surface area contributed by atoms with Gasteiger partial charge < -0.3 is 8.83 Å². The minimum Gasteiger partial charge on any atom is -0.496 e. The van der Waals surface area contributed by atoms with Crippen LogP contribution >= 0.6 is 40.2 Å². The smallest absolute Gasteiger partial charge is 0.0925 e. The van der Waals surface area contributed by atoms with Crippen LogP contribution in [0.25, 0.3) is 66.4 Å². The van der Waals surface area contributed by atoms with Gasteiger partial charge in [0.05, 0.1) is 23.0 Å². The number of halogens is 4. The molecule has 0 radical (unpaired) electrons. The van der Waals surface area contributed by atoms with Crippen molar-refractivity contribution in [3.8, 4) is 44.9 Å². The van der Waals surface area contributed by atoms with Crippen LogP contribution in [0.3, 0.4) is 0 Å². The van der Waals surface area contributed by atoms with Gasteiger partial charge in [-0.05, 0) is 111 Å². The average molecular weight is 888 g/mol. The molecule has 2 heterocycles. The fourth-order valence-electron chi connectivity index (χ4n) is 6.55. The Hall–Kier alpha value is -3.08. The molecular weight excluding hydrogens is 846 g/mol. The van der Waals surface area contributed by atoms with Gasteiger partial charge in [0.15, 0.2) is 0 Å². The summed E-state index contributed by atoms with van der Waals surface area (Å²) in [5.74, 6) is 3.80. The molecule has 2 nitrogen and oxygen atoms in total. The number of rotatable bonds is 4. The van der Waals surface area contributed by atoms with Gasteiger partial charge in [0.25, 0.3) is 0 Å². The zero-order chi connectivity index (χ0) is 38.8. The molecule has 276 valence electrons. The minimum atomic E-state index is -1.65. The maximum Gasteiger partial charge on any atom is 0.0925 e. The van der Waals surface area contributed by atoms with Crippen LogP contribution in [0.5, 0.6) is 0 Å². The van der Waals surface area contributed by atoms with Crippen molar-refractivity contribution in [1.29, 1.82) is 0 Å². The second kappa shape index (κ2) is 17.4. The Morgan fingerprint density at radius 3 is 1.22 bits per heavy atom. The van der Waals surface area contributed by atoms with Gasteiger partial charge in [-0.2, -0.15) is 0 Å². The summed E-state index contributed by atoms with van der Waals surface area (Å²) in [6.07, 6.45) is 0. The Labute approximate surface area is 343 Å². The first-order chi connectivity index (χ1) is 25.7. The topological polar surface area (TPSA) is 26.3 Å². The van der Waals surface area contributed by atoms with E-state index in [2.05, 4.69) is 114 Å². The minimum absolute atomic E-state index is 0.224. The maximum atomic E-state index is 6.20. The van der Waals surface area contributed by atoms with E-state index in [0.717, 1.165) is 55.3 Å². The number of hydrogen-bond acceptors (Lipinski definition) is 2. The third kappa shape index (κ3) is 9.13. The Kier molecular flexibility index (Phi) is 13.1. The summed E-state index contributed by atoms with van der Waals surface area (Å²) in [5, 5.41) is 6.42. The van der Waals surface area contributed by atoms with Crippen molar-refractivity contribution in [1.82, 2.24) is 0 Å². The van der Waals surface area contributed by atoms with E-state index in [1.807, 2.05) is 50.2 Å². The van der Waals surface area contributed by atoms with Crippen molar-refractivity contribution >= 4 is 67.2 Å². The van der Waals surface area contributed by atoms with Gasteiger partial charge in [-0.25, -0.2) is 0 Å².